The van der Waals surface area contributed by atoms with E-state index in [-0.39, 0.29) is 16.3 Å². The largest absolute Gasteiger partial charge is 0.507 e. The first-order valence-corrected chi connectivity index (χ1v) is 7.61. The summed E-state index contributed by atoms with van der Waals surface area (Å²) in [5.74, 6) is -2.50. The fourth-order valence-corrected chi connectivity index (χ4v) is 2.00. The van der Waals surface area contributed by atoms with Crippen molar-refractivity contribution in [2.24, 2.45) is 0 Å². The first-order valence-electron chi connectivity index (χ1n) is 7.23. The number of carbonyl (C=O) groups is 3. The molecule has 0 unspecified atom stereocenters. The molecule has 0 aliphatic heterocycles. The lowest BCUT2D eigenvalue weighted by molar-refractivity contribution is -0.129. The molecule has 0 aliphatic carbocycles. The van der Waals surface area contributed by atoms with Crippen LogP contribution in [0.25, 0.3) is 0 Å². The second-order valence-electron chi connectivity index (χ2n) is 5.02. The van der Waals surface area contributed by atoms with Crippen LogP contribution in [0.3, 0.4) is 0 Å². The Hall–Kier alpha value is -3.06. The van der Waals surface area contributed by atoms with Gasteiger partial charge in [-0.15, -0.1) is 0 Å². The molecule has 1 atom stereocenters. The van der Waals surface area contributed by atoms with E-state index in [4.69, 9.17) is 16.3 Å². The van der Waals surface area contributed by atoms with Crippen molar-refractivity contribution in [1.29, 1.82) is 0 Å². The van der Waals surface area contributed by atoms with Crippen LogP contribution in [0.15, 0.2) is 48.5 Å². The third kappa shape index (κ3) is 4.95. The molecule has 0 saturated heterocycles. The zero-order valence-electron chi connectivity index (χ0n) is 13.2. The van der Waals surface area contributed by atoms with Crippen molar-refractivity contribution in [3.8, 4) is 5.75 Å². The van der Waals surface area contributed by atoms with Crippen LogP contribution in [-0.2, 0) is 9.53 Å². The first kappa shape index (κ1) is 18.3. The maximum atomic E-state index is 12.0. The topological polar surface area (TPSA) is 105 Å². The van der Waals surface area contributed by atoms with Crippen LogP contribution in [0, 0.1) is 0 Å². The number of amides is 2. The van der Waals surface area contributed by atoms with Crippen molar-refractivity contribution < 1.29 is 24.2 Å². The third-order valence-electron chi connectivity index (χ3n) is 3.17. The number of benzene rings is 2. The van der Waals surface area contributed by atoms with Gasteiger partial charge in [0.15, 0.2) is 6.10 Å². The summed E-state index contributed by atoms with van der Waals surface area (Å²) in [5.41, 5.74) is 4.61. The van der Waals surface area contributed by atoms with Crippen LogP contribution in [0.2, 0.25) is 5.02 Å². The Labute approximate surface area is 148 Å². The van der Waals surface area contributed by atoms with Gasteiger partial charge in [0.25, 0.3) is 11.8 Å². The number of rotatable bonds is 4. The molecule has 2 aromatic carbocycles. The number of halogens is 1. The molecule has 0 bridgehead atoms. The molecular weight excluding hydrogens is 348 g/mol. The van der Waals surface area contributed by atoms with Crippen LogP contribution >= 0.6 is 11.6 Å². The summed E-state index contributed by atoms with van der Waals surface area (Å²) >= 11 is 5.68. The Morgan fingerprint density at radius 1 is 1.08 bits per heavy atom. The van der Waals surface area contributed by atoms with E-state index in [1.54, 1.807) is 30.3 Å². The number of nitrogens with one attached hydrogen (secondary N) is 2. The standard InChI is InChI=1S/C17H15ClN2O5/c1-10(25-17(24)13-8-7-12(18)9-14(13)21)15(22)19-20-16(23)11-5-3-2-4-6-11/h2-10,21H,1H3,(H,19,22)(H,20,23)/t10-/m1/s1. The Kier molecular flexibility index (Phi) is 5.97. The minimum absolute atomic E-state index is 0.127. The lowest BCUT2D eigenvalue weighted by Gasteiger charge is -2.14. The molecule has 0 heterocycles. The van der Waals surface area contributed by atoms with Crippen LogP contribution < -0.4 is 10.9 Å². The van der Waals surface area contributed by atoms with Gasteiger partial charge in [0.05, 0.1) is 0 Å². The molecule has 130 valence electrons. The molecule has 0 saturated carbocycles. The molecule has 0 radical (unpaired) electrons. The zero-order chi connectivity index (χ0) is 18.4. The number of hydrogen-bond donors (Lipinski definition) is 3. The number of carbonyl (C=O) groups excluding carboxylic acids is 3. The van der Waals surface area contributed by atoms with Crippen molar-refractivity contribution >= 4 is 29.4 Å². The van der Waals surface area contributed by atoms with Gasteiger partial charge in [0.2, 0.25) is 0 Å². The summed E-state index contributed by atoms with van der Waals surface area (Å²) in [4.78, 5) is 35.7. The average molecular weight is 363 g/mol. The van der Waals surface area contributed by atoms with E-state index in [2.05, 4.69) is 10.9 Å². The van der Waals surface area contributed by atoms with E-state index in [1.165, 1.54) is 25.1 Å². The van der Waals surface area contributed by atoms with Gasteiger partial charge in [-0.1, -0.05) is 29.8 Å². The van der Waals surface area contributed by atoms with Crippen molar-refractivity contribution in [3.63, 3.8) is 0 Å². The lowest BCUT2D eigenvalue weighted by Crippen LogP contribution is -2.46. The molecule has 0 spiro atoms. The van der Waals surface area contributed by atoms with Gasteiger partial charge in [-0.3, -0.25) is 20.4 Å². The molecule has 2 amide bonds. The highest BCUT2D eigenvalue weighted by Crippen LogP contribution is 2.22. The van der Waals surface area contributed by atoms with Crippen LogP contribution in [0.5, 0.6) is 5.75 Å². The predicted molar refractivity (Wildman–Crippen MR) is 90.0 cm³/mol. The summed E-state index contributed by atoms with van der Waals surface area (Å²) in [7, 11) is 0. The Bertz CT molecular complexity index is 795. The van der Waals surface area contributed by atoms with Gasteiger partial charge in [-0.25, -0.2) is 4.79 Å². The summed E-state index contributed by atoms with van der Waals surface area (Å²) in [6.45, 7) is 1.33. The predicted octanol–water partition coefficient (Wildman–Crippen LogP) is 2.05. The molecule has 0 aliphatic rings. The molecule has 7 nitrogen and oxygen atoms in total. The maximum Gasteiger partial charge on any atom is 0.342 e. The number of esters is 1. The maximum absolute atomic E-state index is 12.0. The highest BCUT2D eigenvalue weighted by molar-refractivity contribution is 6.30. The van der Waals surface area contributed by atoms with E-state index >= 15 is 0 Å². The second-order valence-corrected chi connectivity index (χ2v) is 5.45. The molecule has 8 heteroatoms. The normalized spacial score (nSPS) is 11.3. The molecule has 25 heavy (non-hydrogen) atoms. The summed E-state index contributed by atoms with van der Waals surface area (Å²) in [6.07, 6.45) is -1.20. The van der Waals surface area contributed by atoms with Crippen molar-refractivity contribution in [3.05, 3.63) is 64.7 Å². The fourth-order valence-electron chi connectivity index (χ4n) is 1.84. The Balaban J connectivity index is 1.89. The molecule has 3 N–H and O–H groups in total. The highest BCUT2D eigenvalue weighted by Gasteiger charge is 2.21. The number of phenols is 1. The third-order valence-corrected chi connectivity index (χ3v) is 3.40. The number of phenolic OH excluding ortho intramolecular Hbond substituents is 1. The Morgan fingerprint density at radius 2 is 1.76 bits per heavy atom. The van der Waals surface area contributed by atoms with Gasteiger partial charge in [0, 0.05) is 10.6 Å². The van der Waals surface area contributed by atoms with Crippen molar-refractivity contribution in [1.82, 2.24) is 10.9 Å². The minimum Gasteiger partial charge on any atom is -0.507 e. The molecule has 2 rings (SSSR count). The number of hydrazine groups is 1. The van der Waals surface area contributed by atoms with Crippen molar-refractivity contribution in [2.75, 3.05) is 0 Å². The molecule has 2 aromatic rings. The number of aromatic hydroxyl groups is 1. The van der Waals surface area contributed by atoms with Gasteiger partial charge < -0.3 is 9.84 Å². The molecule has 0 fully saturated rings. The van der Waals surface area contributed by atoms with Crippen LogP contribution in [0.4, 0.5) is 0 Å². The van der Waals surface area contributed by atoms with E-state index < -0.39 is 23.9 Å². The average Bonchev–Trinajstić information content (AvgIpc) is 2.59. The molecular formula is C17H15ClN2O5. The minimum atomic E-state index is -1.20. The quantitative estimate of drug-likeness (QED) is 0.570. The van der Waals surface area contributed by atoms with E-state index in [1.807, 2.05) is 0 Å². The van der Waals surface area contributed by atoms with Gasteiger partial charge >= 0.3 is 5.97 Å². The lowest BCUT2D eigenvalue weighted by atomic mass is 10.2. The van der Waals surface area contributed by atoms with Crippen LogP contribution in [0.1, 0.15) is 27.6 Å². The van der Waals surface area contributed by atoms with E-state index in [0.717, 1.165) is 0 Å². The monoisotopic (exact) mass is 362 g/mol. The summed E-state index contributed by atoms with van der Waals surface area (Å²) in [6, 6.07) is 12.1. The summed E-state index contributed by atoms with van der Waals surface area (Å²) in [5, 5.41) is 9.93. The number of ether oxygens (including phenoxy) is 1. The zero-order valence-corrected chi connectivity index (χ0v) is 13.9. The second kappa shape index (κ2) is 8.16. The molecule has 0 aromatic heterocycles. The van der Waals surface area contributed by atoms with Gasteiger partial charge in [-0.05, 0) is 37.3 Å². The Morgan fingerprint density at radius 3 is 2.40 bits per heavy atom. The van der Waals surface area contributed by atoms with Crippen molar-refractivity contribution in [2.45, 2.75) is 13.0 Å². The summed E-state index contributed by atoms with van der Waals surface area (Å²) < 4.78 is 4.95. The SMILES string of the molecule is C[C@@H](OC(=O)c1ccc(Cl)cc1O)C(=O)NNC(=O)c1ccccc1. The van der Waals surface area contributed by atoms with Gasteiger partial charge in [0.1, 0.15) is 11.3 Å². The number of hydrogen-bond acceptors (Lipinski definition) is 5. The highest BCUT2D eigenvalue weighted by atomic mass is 35.5. The van der Waals surface area contributed by atoms with Crippen LogP contribution in [-0.4, -0.2) is 29.0 Å². The van der Waals surface area contributed by atoms with Gasteiger partial charge in [-0.2, -0.15) is 0 Å². The smallest absolute Gasteiger partial charge is 0.342 e. The van der Waals surface area contributed by atoms with E-state index in [0.29, 0.717) is 5.56 Å². The van der Waals surface area contributed by atoms with E-state index in [9.17, 15) is 19.5 Å². The first-order chi connectivity index (χ1) is 11.9. The fraction of sp³-hybridized carbons (Fsp3) is 0.118.